The maximum Gasteiger partial charge on any atom is 0.0583 e. The van der Waals surface area contributed by atoms with Crippen LogP contribution < -0.4 is 0 Å². The lowest BCUT2D eigenvalue weighted by atomic mass is 9.78. The number of hydrogen-bond acceptors (Lipinski definition) is 3. The molecule has 112 valence electrons. The second-order valence-electron chi connectivity index (χ2n) is 6.44. The van der Waals surface area contributed by atoms with E-state index in [1.807, 2.05) is 11.3 Å². The van der Waals surface area contributed by atoms with E-state index >= 15 is 0 Å². The molecule has 1 aliphatic heterocycles. The van der Waals surface area contributed by atoms with E-state index in [2.05, 4.69) is 22.4 Å². The van der Waals surface area contributed by atoms with Crippen molar-refractivity contribution >= 4 is 11.3 Å². The van der Waals surface area contributed by atoms with E-state index in [0.717, 1.165) is 6.42 Å². The molecule has 0 radical (unpaired) electrons. The Balaban J connectivity index is 1.61. The van der Waals surface area contributed by atoms with Crippen molar-refractivity contribution in [2.45, 2.75) is 63.5 Å². The molecule has 20 heavy (non-hydrogen) atoms. The van der Waals surface area contributed by atoms with Gasteiger partial charge in [0.15, 0.2) is 0 Å². The van der Waals surface area contributed by atoms with Gasteiger partial charge < -0.3 is 5.11 Å². The van der Waals surface area contributed by atoms with Crippen LogP contribution in [0, 0.1) is 5.92 Å². The van der Waals surface area contributed by atoms with Gasteiger partial charge in [0, 0.05) is 23.4 Å². The maximum atomic E-state index is 10.4. The average molecular weight is 293 g/mol. The second-order valence-corrected chi connectivity index (χ2v) is 7.48. The average Bonchev–Trinajstić information content (AvgIpc) is 2.99. The van der Waals surface area contributed by atoms with Crippen LogP contribution in [0.15, 0.2) is 17.5 Å². The van der Waals surface area contributed by atoms with E-state index in [9.17, 15) is 5.11 Å². The Hall–Kier alpha value is -0.380. The number of aliphatic hydroxyl groups is 1. The number of thiophene rings is 1. The van der Waals surface area contributed by atoms with Gasteiger partial charge in [-0.3, -0.25) is 4.90 Å². The van der Waals surface area contributed by atoms with E-state index in [1.165, 1.54) is 62.9 Å². The second kappa shape index (κ2) is 7.06. The monoisotopic (exact) mass is 293 g/mol. The number of aliphatic hydroxyl groups excluding tert-OH is 1. The molecule has 1 aromatic heterocycles. The fraction of sp³-hybridized carbons (Fsp3) is 0.765. The Labute approximate surface area is 126 Å². The molecule has 3 atom stereocenters. The van der Waals surface area contributed by atoms with Crippen LogP contribution in [0.5, 0.6) is 0 Å². The largest absolute Gasteiger partial charge is 0.393 e. The van der Waals surface area contributed by atoms with Gasteiger partial charge in [0.05, 0.1) is 6.10 Å². The number of hydrogen-bond donors (Lipinski definition) is 1. The summed E-state index contributed by atoms with van der Waals surface area (Å²) in [6, 6.07) is 5.04. The third-order valence-corrected chi connectivity index (χ3v) is 6.10. The Morgan fingerprint density at radius 1 is 1.15 bits per heavy atom. The number of likely N-dealkylation sites (tertiary alicyclic amines) is 1. The molecule has 2 aliphatic rings. The summed E-state index contributed by atoms with van der Waals surface area (Å²) in [6.45, 7) is 2.41. The highest BCUT2D eigenvalue weighted by Gasteiger charge is 2.35. The summed E-state index contributed by atoms with van der Waals surface area (Å²) >= 11 is 1.87. The zero-order valence-electron chi connectivity index (χ0n) is 12.3. The summed E-state index contributed by atoms with van der Waals surface area (Å²) in [5.74, 6) is 0.535. The molecule has 1 saturated heterocycles. The fourth-order valence-electron chi connectivity index (χ4n) is 4.08. The van der Waals surface area contributed by atoms with Crippen molar-refractivity contribution in [3.63, 3.8) is 0 Å². The molecule has 1 aliphatic carbocycles. The predicted molar refractivity (Wildman–Crippen MR) is 85.2 cm³/mol. The molecule has 0 amide bonds. The first-order chi connectivity index (χ1) is 9.84. The lowest BCUT2D eigenvalue weighted by Gasteiger charge is -2.43. The van der Waals surface area contributed by atoms with Crippen molar-refractivity contribution in [2.75, 3.05) is 13.1 Å². The SMILES string of the molecule is OC1CCCCC1C1CCCCN1CCc1cccs1. The Kier molecular flexibility index (Phi) is 5.14. The molecule has 2 nitrogen and oxygen atoms in total. The van der Waals surface area contributed by atoms with Crippen LogP contribution >= 0.6 is 11.3 Å². The van der Waals surface area contributed by atoms with Gasteiger partial charge in [-0.15, -0.1) is 11.3 Å². The Morgan fingerprint density at radius 3 is 2.80 bits per heavy atom. The molecule has 1 aromatic rings. The normalized spacial score (nSPS) is 32.4. The maximum absolute atomic E-state index is 10.4. The van der Waals surface area contributed by atoms with Gasteiger partial charge in [-0.1, -0.05) is 25.3 Å². The highest BCUT2D eigenvalue weighted by molar-refractivity contribution is 7.09. The standard InChI is InChI=1S/C17H27NOS/c19-17-9-2-1-7-15(17)16-8-3-4-11-18(16)12-10-14-6-5-13-20-14/h5-6,13,15-17,19H,1-4,7-12H2. The van der Waals surface area contributed by atoms with Gasteiger partial charge in [-0.05, 0) is 50.1 Å². The molecule has 1 saturated carbocycles. The number of rotatable bonds is 4. The van der Waals surface area contributed by atoms with Crippen LogP contribution in [-0.4, -0.2) is 35.2 Å². The third kappa shape index (κ3) is 3.44. The van der Waals surface area contributed by atoms with Gasteiger partial charge in [0.1, 0.15) is 0 Å². The Bertz CT molecular complexity index is 392. The lowest BCUT2D eigenvalue weighted by Crippen LogP contribution is -2.49. The van der Waals surface area contributed by atoms with Crippen LogP contribution in [0.3, 0.4) is 0 Å². The zero-order valence-corrected chi connectivity index (χ0v) is 13.2. The van der Waals surface area contributed by atoms with E-state index in [4.69, 9.17) is 0 Å². The molecule has 2 heterocycles. The molecule has 3 heteroatoms. The summed E-state index contributed by atoms with van der Waals surface area (Å²) in [5.41, 5.74) is 0. The lowest BCUT2D eigenvalue weighted by molar-refractivity contribution is -0.00502. The first kappa shape index (κ1) is 14.6. The van der Waals surface area contributed by atoms with Gasteiger partial charge in [0.25, 0.3) is 0 Å². The molecule has 0 aromatic carbocycles. The molecule has 1 N–H and O–H groups in total. The van der Waals surface area contributed by atoms with E-state index < -0.39 is 0 Å². The van der Waals surface area contributed by atoms with Gasteiger partial charge in [-0.2, -0.15) is 0 Å². The minimum absolute atomic E-state index is 0.0453. The minimum atomic E-state index is -0.0453. The molecular formula is C17H27NOS. The summed E-state index contributed by atoms with van der Waals surface area (Å²) in [5, 5.41) is 12.5. The highest BCUT2D eigenvalue weighted by atomic mass is 32.1. The summed E-state index contributed by atoms with van der Waals surface area (Å²) < 4.78 is 0. The van der Waals surface area contributed by atoms with Crippen LogP contribution in [0.25, 0.3) is 0 Å². The first-order valence-corrected chi connectivity index (χ1v) is 9.17. The number of piperidine rings is 1. The highest BCUT2D eigenvalue weighted by Crippen LogP contribution is 2.34. The van der Waals surface area contributed by atoms with Crippen LogP contribution in [0.2, 0.25) is 0 Å². The smallest absolute Gasteiger partial charge is 0.0583 e. The zero-order chi connectivity index (χ0) is 13.8. The summed E-state index contributed by atoms with van der Waals surface area (Å²) in [6.07, 6.45) is 9.92. The number of nitrogens with zero attached hydrogens (tertiary/aromatic N) is 1. The van der Waals surface area contributed by atoms with Crippen molar-refractivity contribution in [1.82, 2.24) is 4.90 Å². The van der Waals surface area contributed by atoms with Gasteiger partial charge >= 0.3 is 0 Å². The van der Waals surface area contributed by atoms with Crippen molar-refractivity contribution in [3.8, 4) is 0 Å². The first-order valence-electron chi connectivity index (χ1n) is 8.29. The van der Waals surface area contributed by atoms with Crippen molar-refractivity contribution in [3.05, 3.63) is 22.4 Å². The third-order valence-electron chi connectivity index (χ3n) is 5.17. The molecular weight excluding hydrogens is 266 g/mol. The molecule has 0 bridgehead atoms. The van der Waals surface area contributed by atoms with Crippen molar-refractivity contribution in [2.24, 2.45) is 5.92 Å². The topological polar surface area (TPSA) is 23.5 Å². The Morgan fingerprint density at radius 2 is 2.00 bits per heavy atom. The van der Waals surface area contributed by atoms with Crippen LogP contribution in [-0.2, 0) is 6.42 Å². The van der Waals surface area contributed by atoms with E-state index in [-0.39, 0.29) is 6.10 Å². The van der Waals surface area contributed by atoms with Crippen LogP contribution in [0.1, 0.15) is 49.8 Å². The van der Waals surface area contributed by atoms with Gasteiger partial charge in [-0.25, -0.2) is 0 Å². The van der Waals surface area contributed by atoms with E-state index in [1.54, 1.807) is 0 Å². The molecule has 0 spiro atoms. The van der Waals surface area contributed by atoms with Crippen molar-refractivity contribution < 1.29 is 5.11 Å². The fourth-order valence-corrected chi connectivity index (χ4v) is 4.77. The van der Waals surface area contributed by atoms with E-state index in [0.29, 0.717) is 12.0 Å². The molecule has 3 rings (SSSR count). The van der Waals surface area contributed by atoms with Crippen LogP contribution in [0.4, 0.5) is 0 Å². The summed E-state index contributed by atoms with van der Waals surface area (Å²) in [7, 11) is 0. The molecule has 3 unspecified atom stereocenters. The predicted octanol–water partition coefficient (Wildman–Crippen LogP) is 3.70. The summed E-state index contributed by atoms with van der Waals surface area (Å²) in [4.78, 5) is 4.18. The van der Waals surface area contributed by atoms with Gasteiger partial charge in [0.2, 0.25) is 0 Å². The quantitative estimate of drug-likeness (QED) is 0.915. The van der Waals surface area contributed by atoms with Crippen molar-refractivity contribution in [1.29, 1.82) is 0 Å². The molecule has 2 fully saturated rings. The minimum Gasteiger partial charge on any atom is -0.393 e.